The van der Waals surface area contributed by atoms with Gasteiger partial charge in [-0.2, -0.15) is 5.10 Å². The summed E-state index contributed by atoms with van der Waals surface area (Å²) in [5.74, 6) is 0. The van der Waals surface area contributed by atoms with E-state index in [9.17, 15) is 4.79 Å². The van der Waals surface area contributed by atoms with Crippen LogP contribution in [0, 0.1) is 0 Å². The van der Waals surface area contributed by atoms with Crippen molar-refractivity contribution in [2.75, 3.05) is 6.26 Å². The molecule has 0 aliphatic carbocycles. The molecule has 3 aromatic heterocycles. The van der Waals surface area contributed by atoms with E-state index in [1.54, 1.807) is 18.0 Å². The second-order valence-corrected chi connectivity index (χ2v) is 5.42. The summed E-state index contributed by atoms with van der Waals surface area (Å²) >= 11 is 3.09. The highest BCUT2D eigenvalue weighted by Gasteiger charge is 2.13. The first-order chi connectivity index (χ1) is 8.24. The number of aromatic nitrogens is 4. The van der Waals surface area contributed by atoms with Gasteiger partial charge in [0.05, 0.1) is 10.9 Å². The van der Waals surface area contributed by atoms with Gasteiger partial charge in [-0.15, -0.1) is 11.3 Å². The molecule has 0 bridgehead atoms. The molecule has 0 amide bonds. The summed E-state index contributed by atoms with van der Waals surface area (Å²) in [5, 5.41) is 13.6. The lowest BCUT2D eigenvalue weighted by molar-refractivity contribution is 0.189. The van der Waals surface area contributed by atoms with Crippen molar-refractivity contribution in [3.8, 4) is 0 Å². The number of nitrogens with zero attached hydrogens (tertiary/aromatic N) is 3. The highest BCUT2D eigenvalue weighted by Crippen LogP contribution is 2.32. The molecule has 17 heavy (non-hydrogen) atoms. The minimum Gasteiger partial charge on any atom is -0.374 e. The topological polar surface area (TPSA) is 83.8 Å². The van der Waals surface area contributed by atoms with Crippen LogP contribution in [0.4, 0.5) is 0 Å². The number of hydrogen-bond donors (Lipinski definition) is 2. The zero-order valence-corrected chi connectivity index (χ0v) is 10.4. The highest BCUT2D eigenvalue weighted by molar-refractivity contribution is 8.00. The van der Waals surface area contributed by atoms with Gasteiger partial charge < -0.3 is 10.1 Å². The van der Waals surface area contributed by atoms with Gasteiger partial charge in [-0.3, -0.25) is 4.79 Å². The Morgan fingerprint density at radius 3 is 3.18 bits per heavy atom. The van der Waals surface area contributed by atoms with Crippen LogP contribution in [0.2, 0.25) is 0 Å². The highest BCUT2D eigenvalue weighted by atomic mass is 32.2. The molecule has 0 saturated carbocycles. The van der Waals surface area contributed by atoms with E-state index in [0.717, 1.165) is 19.1 Å². The van der Waals surface area contributed by atoms with E-state index in [-0.39, 0.29) is 5.56 Å². The zero-order valence-electron chi connectivity index (χ0n) is 8.80. The van der Waals surface area contributed by atoms with Crippen LogP contribution in [0.15, 0.2) is 15.3 Å². The molecule has 88 valence electrons. The average molecular weight is 268 g/mol. The molecule has 0 atom stereocenters. The number of aromatic amines is 1. The van der Waals surface area contributed by atoms with Crippen molar-refractivity contribution in [3.63, 3.8) is 0 Å². The Bertz CT molecular complexity index is 757. The maximum Gasteiger partial charge on any atom is 0.293 e. The first kappa shape index (κ1) is 10.8. The van der Waals surface area contributed by atoms with Crippen LogP contribution in [-0.2, 0) is 6.73 Å². The lowest BCUT2D eigenvalue weighted by Crippen LogP contribution is -2.22. The smallest absolute Gasteiger partial charge is 0.293 e. The molecule has 6 nitrogen and oxygen atoms in total. The number of aliphatic hydroxyl groups is 1. The van der Waals surface area contributed by atoms with Crippen molar-refractivity contribution < 1.29 is 5.11 Å². The van der Waals surface area contributed by atoms with Crippen LogP contribution in [0.25, 0.3) is 21.3 Å². The number of aliphatic hydroxyl groups excluding tert-OH is 1. The molecule has 0 spiro atoms. The Kier molecular flexibility index (Phi) is 2.42. The van der Waals surface area contributed by atoms with Gasteiger partial charge in [0, 0.05) is 5.39 Å². The normalized spacial score (nSPS) is 11.6. The summed E-state index contributed by atoms with van der Waals surface area (Å²) in [7, 11) is 0. The van der Waals surface area contributed by atoms with E-state index >= 15 is 0 Å². The first-order valence-corrected chi connectivity index (χ1v) is 6.82. The first-order valence-electron chi connectivity index (χ1n) is 4.77. The second kappa shape index (κ2) is 3.83. The van der Waals surface area contributed by atoms with Crippen LogP contribution in [0.5, 0.6) is 0 Å². The van der Waals surface area contributed by atoms with Crippen LogP contribution in [-0.4, -0.2) is 31.1 Å². The Morgan fingerprint density at radius 1 is 1.65 bits per heavy atom. The molecule has 0 saturated heterocycles. The maximum atomic E-state index is 11.9. The van der Waals surface area contributed by atoms with Gasteiger partial charge in [0.15, 0.2) is 9.99 Å². The average Bonchev–Trinajstić information content (AvgIpc) is 2.87. The Labute approximate surface area is 103 Å². The Morgan fingerprint density at radius 2 is 2.47 bits per heavy atom. The predicted octanol–water partition coefficient (Wildman–Crippen LogP) is 1.01. The zero-order chi connectivity index (χ0) is 12.0. The van der Waals surface area contributed by atoms with E-state index in [4.69, 9.17) is 5.11 Å². The fourth-order valence-electron chi connectivity index (χ4n) is 1.66. The second-order valence-electron chi connectivity index (χ2n) is 3.37. The Hall–Kier alpha value is -1.38. The fourth-order valence-corrected chi connectivity index (χ4v) is 3.19. The summed E-state index contributed by atoms with van der Waals surface area (Å²) in [5.41, 5.74) is 0.806. The van der Waals surface area contributed by atoms with Gasteiger partial charge >= 0.3 is 0 Å². The number of nitrogens with one attached hydrogen (secondary N) is 1. The number of H-pyrrole nitrogens is 1. The van der Waals surface area contributed by atoms with Crippen molar-refractivity contribution >= 4 is 44.3 Å². The van der Waals surface area contributed by atoms with Gasteiger partial charge in [0.25, 0.3) is 5.56 Å². The van der Waals surface area contributed by atoms with Crippen LogP contribution >= 0.6 is 23.1 Å². The molecule has 0 radical (unpaired) electrons. The van der Waals surface area contributed by atoms with Crippen molar-refractivity contribution in [1.82, 2.24) is 19.7 Å². The maximum absolute atomic E-state index is 11.9. The van der Waals surface area contributed by atoms with Crippen molar-refractivity contribution in [2.24, 2.45) is 0 Å². The molecule has 0 aromatic carbocycles. The molecule has 3 heterocycles. The summed E-state index contributed by atoms with van der Waals surface area (Å²) in [6.45, 7) is -0.426. The number of thioether (sulfide) groups is 1. The van der Waals surface area contributed by atoms with Gasteiger partial charge in [-0.25, -0.2) is 9.67 Å². The quantitative estimate of drug-likeness (QED) is 0.678. The van der Waals surface area contributed by atoms with Gasteiger partial charge in [-0.1, -0.05) is 11.8 Å². The monoisotopic (exact) mass is 268 g/mol. The van der Waals surface area contributed by atoms with Crippen LogP contribution in [0.3, 0.4) is 0 Å². The number of thiazole rings is 1. The van der Waals surface area contributed by atoms with E-state index in [0.29, 0.717) is 11.2 Å². The minimum atomic E-state index is -0.426. The minimum absolute atomic E-state index is 0.332. The summed E-state index contributed by atoms with van der Waals surface area (Å²) in [6, 6.07) is 0. The van der Waals surface area contributed by atoms with Gasteiger partial charge in [0.1, 0.15) is 12.2 Å². The molecule has 0 unspecified atom stereocenters. The summed E-state index contributed by atoms with van der Waals surface area (Å²) in [4.78, 5) is 19.2. The largest absolute Gasteiger partial charge is 0.374 e. The third-order valence-electron chi connectivity index (χ3n) is 2.45. The van der Waals surface area contributed by atoms with E-state index in [1.165, 1.54) is 11.3 Å². The molecular formula is C9H8N4O2S2. The lowest BCUT2D eigenvalue weighted by Gasteiger charge is -1.97. The number of hydrogen-bond acceptors (Lipinski definition) is 6. The molecule has 3 rings (SSSR count). The van der Waals surface area contributed by atoms with Crippen LogP contribution < -0.4 is 5.56 Å². The third kappa shape index (κ3) is 1.48. The molecule has 0 fully saturated rings. The van der Waals surface area contributed by atoms with Crippen molar-refractivity contribution in [1.29, 1.82) is 0 Å². The standard InChI is InChI=1S/C9H8N4O2S2/c1-16-9-12-7-6(17-9)4-2-10-13(3-14)8(15)5(4)11-7/h2,11,14H,3H2,1H3. The molecule has 2 N–H and O–H groups in total. The summed E-state index contributed by atoms with van der Waals surface area (Å²) in [6.07, 6.45) is 3.53. The molecule has 3 aromatic rings. The summed E-state index contributed by atoms with van der Waals surface area (Å²) < 4.78 is 2.87. The number of fused-ring (bicyclic) bond motifs is 3. The van der Waals surface area contributed by atoms with Crippen LogP contribution in [0.1, 0.15) is 0 Å². The molecule has 0 aliphatic rings. The van der Waals surface area contributed by atoms with Gasteiger partial charge in [0.2, 0.25) is 0 Å². The molecule has 8 heteroatoms. The van der Waals surface area contributed by atoms with Crippen molar-refractivity contribution in [2.45, 2.75) is 11.1 Å². The van der Waals surface area contributed by atoms with E-state index in [1.807, 2.05) is 6.26 Å². The number of rotatable bonds is 2. The molecule has 0 aliphatic heterocycles. The molecular weight excluding hydrogens is 260 g/mol. The van der Waals surface area contributed by atoms with Crippen molar-refractivity contribution in [3.05, 3.63) is 16.6 Å². The Balaban J connectivity index is 2.41. The fraction of sp³-hybridized carbons (Fsp3) is 0.222. The third-order valence-corrected chi connectivity index (χ3v) is 4.52. The van der Waals surface area contributed by atoms with E-state index in [2.05, 4.69) is 15.1 Å². The van der Waals surface area contributed by atoms with Gasteiger partial charge in [-0.05, 0) is 6.26 Å². The SMILES string of the molecule is CSc1nc2[nH]c3c(=O)n(CO)ncc3c2s1. The predicted molar refractivity (Wildman–Crippen MR) is 67.5 cm³/mol. The lowest BCUT2D eigenvalue weighted by atomic mass is 10.4. The van der Waals surface area contributed by atoms with E-state index < -0.39 is 6.73 Å².